The summed E-state index contributed by atoms with van der Waals surface area (Å²) in [5.41, 5.74) is 1.17. The number of hydrogen-bond acceptors (Lipinski definition) is 4. The molecule has 7 heteroatoms. The number of nitrogens with one attached hydrogen (secondary N) is 1. The van der Waals surface area contributed by atoms with Gasteiger partial charge in [-0.1, -0.05) is 39.0 Å². The van der Waals surface area contributed by atoms with Crippen molar-refractivity contribution < 1.29 is 19.2 Å². The molecule has 1 atom stereocenters. The highest BCUT2D eigenvalue weighted by Crippen LogP contribution is 2.30. The van der Waals surface area contributed by atoms with E-state index in [1.54, 1.807) is 53.4 Å². The van der Waals surface area contributed by atoms with Gasteiger partial charge >= 0.3 is 0 Å². The first-order chi connectivity index (χ1) is 15.2. The zero-order chi connectivity index (χ0) is 23.0. The number of nitrogens with zero attached hydrogens (tertiary/aromatic N) is 2. The van der Waals surface area contributed by atoms with E-state index in [9.17, 15) is 19.2 Å². The third-order valence-electron chi connectivity index (χ3n) is 5.89. The molecule has 0 aliphatic carbocycles. The van der Waals surface area contributed by atoms with Crippen molar-refractivity contribution in [3.63, 3.8) is 0 Å². The van der Waals surface area contributed by atoms with Crippen LogP contribution < -0.4 is 10.2 Å². The van der Waals surface area contributed by atoms with E-state index in [-0.39, 0.29) is 29.5 Å². The predicted molar refractivity (Wildman–Crippen MR) is 121 cm³/mol. The van der Waals surface area contributed by atoms with Gasteiger partial charge in [0.05, 0.1) is 22.7 Å². The molecule has 1 N–H and O–H groups in total. The van der Waals surface area contributed by atoms with Crippen LogP contribution >= 0.6 is 0 Å². The summed E-state index contributed by atoms with van der Waals surface area (Å²) in [4.78, 5) is 53.9. The van der Waals surface area contributed by atoms with Gasteiger partial charge < -0.3 is 10.2 Å². The van der Waals surface area contributed by atoms with Gasteiger partial charge in [0.15, 0.2) is 0 Å². The van der Waals surface area contributed by atoms with E-state index in [2.05, 4.69) is 5.32 Å². The molecule has 2 heterocycles. The lowest BCUT2D eigenvalue weighted by Gasteiger charge is -2.35. The molecule has 2 aliphatic heterocycles. The first kappa shape index (κ1) is 21.7. The van der Waals surface area contributed by atoms with Gasteiger partial charge in [0.1, 0.15) is 0 Å². The van der Waals surface area contributed by atoms with Crippen LogP contribution in [0.15, 0.2) is 48.5 Å². The van der Waals surface area contributed by atoms with Crippen molar-refractivity contribution in [2.45, 2.75) is 33.6 Å². The predicted octanol–water partition coefficient (Wildman–Crippen LogP) is 3.71. The van der Waals surface area contributed by atoms with Gasteiger partial charge in [0.2, 0.25) is 11.8 Å². The molecule has 0 saturated carbocycles. The van der Waals surface area contributed by atoms with Crippen LogP contribution in [0, 0.1) is 11.3 Å². The minimum absolute atomic E-state index is 0.0441. The maximum Gasteiger partial charge on any atom is 0.266 e. The van der Waals surface area contributed by atoms with Crippen LogP contribution in [0.25, 0.3) is 0 Å². The summed E-state index contributed by atoms with van der Waals surface area (Å²) in [5, 5.41) is 2.90. The Morgan fingerprint density at radius 3 is 2.25 bits per heavy atom. The molecule has 1 fully saturated rings. The maximum atomic E-state index is 12.9. The summed E-state index contributed by atoms with van der Waals surface area (Å²) < 4.78 is 0. The molecule has 0 aromatic heterocycles. The van der Waals surface area contributed by atoms with E-state index < -0.39 is 5.41 Å². The smallest absolute Gasteiger partial charge is 0.266 e. The maximum absolute atomic E-state index is 12.9. The highest BCUT2D eigenvalue weighted by atomic mass is 16.2. The zero-order valence-electron chi connectivity index (χ0n) is 18.6. The Hall–Kier alpha value is -3.48. The Balaban J connectivity index is 1.48. The first-order valence-corrected chi connectivity index (χ1v) is 10.8. The number of likely N-dealkylation sites (tertiary alicyclic amines) is 1. The van der Waals surface area contributed by atoms with Gasteiger partial charge in [-0.05, 0) is 43.2 Å². The Morgan fingerprint density at radius 1 is 0.969 bits per heavy atom. The molecular formula is C25H27N3O4. The van der Waals surface area contributed by atoms with Gasteiger partial charge in [-0.25, -0.2) is 4.90 Å². The average Bonchev–Trinajstić information content (AvgIpc) is 3.03. The Morgan fingerprint density at radius 2 is 1.62 bits per heavy atom. The van der Waals surface area contributed by atoms with E-state index >= 15 is 0 Å². The van der Waals surface area contributed by atoms with Gasteiger partial charge in [0, 0.05) is 24.2 Å². The summed E-state index contributed by atoms with van der Waals surface area (Å²) in [6, 6.07) is 13.4. The van der Waals surface area contributed by atoms with Crippen molar-refractivity contribution in [2.75, 3.05) is 23.3 Å². The van der Waals surface area contributed by atoms with E-state index in [1.807, 2.05) is 20.8 Å². The van der Waals surface area contributed by atoms with Crippen molar-refractivity contribution >= 4 is 35.0 Å². The van der Waals surface area contributed by atoms with Crippen LogP contribution in [0.2, 0.25) is 0 Å². The molecule has 2 aliphatic rings. The number of rotatable bonds is 3. The Bertz CT molecular complexity index is 1070. The van der Waals surface area contributed by atoms with Crippen molar-refractivity contribution in [1.29, 1.82) is 0 Å². The standard InChI is InChI=1S/C25H27N3O4/c1-25(2,3)24(32)27-13-7-8-16(15-27)21(29)26-17-9-6-10-18(14-17)28-22(30)19-11-4-5-12-20(19)23(28)31/h4-6,9-12,14,16H,7-8,13,15H2,1-3H3,(H,26,29). The largest absolute Gasteiger partial charge is 0.341 e. The Labute approximate surface area is 187 Å². The van der Waals surface area contributed by atoms with Gasteiger partial charge in [-0.3, -0.25) is 19.2 Å². The fourth-order valence-corrected chi connectivity index (χ4v) is 4.24. The highest BCUT2D eigenvalue weighted by molar-refractivity contribution is 6.34. The molecule has 0 radical (unpaired) electrons. The molecule has 166 valence electrons. The summed E-state index contributed by atoms with van der Waals surface area (Å²) in [5.74, 6) is -1.19. The lowest BCUT2D eigenvalue weighted by molar-refractivity contribution is -0.142. The van der Waals surface area contributed by atoms with Crippen LogP contribution in [0.5, 0.6) is 0 Å². The van der Waals surface area contributed by atoms with Crippen LogP contribution in [-0.4, -0.2) is 41.6 Å². The fourth-order valence-electron chi connectivity index (χ4n) is 4.24. The summed E-state index contributed by atoms with van der Waals surface area (Å²) >= 11 is 0. The molecule has 32 heavy (non-hydrogen) atoms. The highest BCUT2D eigenvalue weighted by Gasteiger charge is 2.37. The molecule has 1 saturated heterocycles. The van der Waals surface area contributed by atoms with Crippen molar-refractivity contribution in [3.8, 4) is 0 Å². The topological polar surface area (TPSA) is 86.8 Å². The summed E-state index contributed by atoms with van der Waals surface area (Å²) in [7, 11) is 0. The third-order valence-corrected chi connectivity index (χ3v) is 5.89. The SMILES string of the molecule is CC(C)(C)C(=O)N1CCCC(C(=O)Nc2cccc(N3C(=O)c4ccccc4C3=O)c2)C1. The van der Waals surface area contributed by atoms with Crippen molar-refractivity contribution in [3.05, 3.63) is 59.7 Å². The first-order valence-electron chi connectivity index (χ1n) is 10.8. The number of benzene rings is 2. The molecule has 4 rings (SSSR count). The lowest BCUT2D eigenvalue weighted by atomic mass is 9.91. The quantitative estimate of drug-likeness (QED) is 0.748. The zero-order valence-corrected chi connectivity index (χ0v) is 18.6. The second kappa shape index (κ2) is 8.22. The van der Waals surface area contributed by atoms with Gasteiger partial charge in [-0.15, -0.1) is 0 Å². The number of carbonyl (C=O) groups is 4. The van der Waals surface area contributed by atoms with Crippen molar-refractivity contribution in [1.82, 2.24) is 4.90 Å². The van der Waals surface area contributed by atoms with E-state index in [4.69, 9.17) is 0 Å². The van der Waals surface area contributed by atoms with Gasteiger partial charge in [0.25, 0.3) is 11.8 Å². The van der Waals surface area contributed by atoms with Crippen LogP contribution in [-0.2, 0) is 9.59 Å². The second-order valence-corrected chi connectivity index (χ2v) is 9.37. The van der Waals surface area contributed by atoms with Crippen LogP contribution in [0.3, 0.4) is 0 Å². The molecule has 0 spiro atoms. The second-order valence-electron chi connectivity index (χ2n) is 9.37. The minimum Gasteiger partial charge on any atom is -0.341 e. The monoisotopic (exact) mass is 433 g/mol. The summed E-state index contributed by atoms with van der Waals surface area (Å²) in [6.07, 6.45) is 1.48. The number of hydrogen-bond donors (Lipinski definition) is 1. The number of fused-ring (bicyclic) bond motifs is 1. The van der Waals surface area contributed by atoms with E-state index in [0.29, 0.717) is 42.0 Å². The van der Waals surface area contributed by atoms with E-state index in [1.165, 1.54) is 0 Å². The normalized spacial score (nSPS) is 18.5. The number of imide groups is 1. The molecule has 7 nitrogen and oxygen atoms in total. The number of amides is 4. The van der Waals surface area contributed by atoms with Crippen LogP contribution in [0.1, 0.15) is 54.3 Å². The van der Waals surface area contributed by atoms with Crippen LogP contribution in [0.4, 0.5) is 11.4 Å². The molecule has 1 unspecified atom stereocenters. The molecule has 4 amide bonds. The number of carbonyl (C=O) groups excluding carboxylic acids is 4. The summed E-state index contributed by atoms with van der Waals surface area (Å²) in [6.45, 7) is 6.69. The Kier molecular flexibility index (Phi) is 5.59. The minimum atomic E-state index is -0.487. The number of piperidine rings is 1. The van der Waals surface area contributed by atoms with Gasteiger partial charge in [-0.2, -0.15) is 0 Å². The molecule has 2 aromatic carbocycles. The lowest BCUT2D eigenvalue weighted by Crippen LogP contribution is -2.47. The molecular weight excluding hydrogens is 406 g/mol. The molecule has 2 aromatic rings. The third kappa shape index (κ3) is 4.02. The number of anilines is 2. The average molecular weight is 434 g/mol. The van der Waals surface area contributed by atoms with Crippen molar-refractivity contribution in [2.24, 2.45) is 11.3 Å². The van der Waals surface area contributed by atoms with E-state index in [0.717, 1.165) is 11.3 Å². The molecule has 0 bridgehead atoms. The fraction of sp³-hybridized carbons (Fsp3) is 0.360.